The smallest absolute Gasteiger partial charge is 0.0418 e. The lowest BCUT2D eigenvalue weighted by molar-refractivity contribution is 0.582. The van der Waals surface area contributed by atoms with Crippen molar-refractivity contribution in [2.24, 2.45) is 11.7 Å². The molecule has 94 valence electrons. The van der Waals surface area contributed by atoms with Crippen LogP contribution in [0.5, 0.6) is 0 Å². The van der Waals surface area contributed by atoms with Crippen LogP contribution in [0.25, 0.3) is 0 Å². The topological polar surface area (TPSA) is 26.0 Å². The molecule has 2 unspecified atom stereocenters. The molecule has 0 saturated heterocycles. The largest absolute Gasteiger partial charge is 0.323 e. The molecular formula is C15H23NS. The second kappa shape index (κ2) is 5.92. The average molecular weight is 249 g/mol. The molecule has 0 aromatic heterocycles. The summed E-state index contributed by atoms with van der Waals surface area (Å²) in [5, 5.41) is 0.614. The Morgan fingerprint density at radius 2 is 2.12 bits per heavy atom. The number of benzene rings is 1. The summed E-state index contributed by atoms with van der Waals surface area (Å²) in [5.41, 5.74) is 9.22. The molecule has 17 heavy (non-hydrogen) atoms. The van der Waals surface area contributed by atoms with Crippen LogP contribution < -0.4 is 5.73 Å². The van der Waals surface area contributed by atoms with Gasteiger partial charge in [-0.25, -0.2) is 0 Å². The Hall–Kier alpha value is -0.470. The molecule has 2 heteroatoms. The van der Waals surface area contributed by atoms with Crippen LogP contribution >= 0.6 is 11.8 Å². The van der Waals surface area contributed by atoms with E-state index in [1.165, 1.54) is 36.1 Å². The van der Waals surface area contributed by atoms with Gasteiger partial charge in [0.2, 0.25) is 0 Å². The molecule has 0 spiro atoms. The summed E-state index contributed by atoms with van der Waals surface area (Å²) in [5.74, 6) is 2.05. The first-order valence-electron chi connectivity index (χ1n) is 6.63. The van der Waals surface area contributed by atoms with Crippen LogP contribution in [0.15, 0.2) is 24.3 Å². The van der Waals surface area contributed by atoms with Crippen molar-refractivity contribution in [3.8, 4) is 0 Å². The zero-order chi connectivity index (χ0) is 12.3. The fraction of sp³-hybridized carbons (Fsp3) is 0.600. The molecule has 1 aromatic rings. The van der Waals surface area contributed by atoms with Gasteiger partial charge >= 0.3 is 0 Å². The Bertz CT molecular complexity index is 362. The maximum Gasteiger partial charge on any atom is 0.0418 e. The Labute approximate surface area is 109 Å². The highest BCUT2D eigenvalue weighted by molar-refractivity contribution is 7.99. The third-order valence-electron chi connectivity index (χ3n) is 3.54. The van der Waals surface area contributed by atoms with E-state index in [0.29, 0.717) is 5.25 Å². The van der Waals surface area contributed by atoms with E-state index in [2.05, 4.69) is 49.9 Å². The quantitative estimate of drug-likeness (QED) is 0.879. The zero-order valence-electron chi connectivity index (χ0n) is 10.9. The average Bonchev–Trinajstić information content (AvgIpc) is 2.32. The predicted molar refractivity (Wildman–Crippen MR) is 77.4 cm³/mol. The van der Waals surface area contributed by atoms with Gasteiger partial charge in [-0.15, -0.1) is 0 Å². The first-order chi connectivity index (χ1) is 8.18. The van der Waals surface area contributed by atoms with E-state index in [0.717, 1.165) is 5.92 Å². The van der Waals surface area contributed by atoms with Gasteiger partial charge < -0.3 is 5.73 Å². The Morgan fingerprint density at radius 1 is 1.35 bits per heavy atom. The van der Waals surface area contributed by atoms with Gasteiger partial charge in [0, 0.05) is 11.3 Å². The summed E-state index contributed by atoms with van der Waals surface area (Å²) in [6, 6.07) is 8.90. The van der Waals surface area contributed by atoms with E-state index >= 15 is 0 Å². The lowest BCUT2D eigenvalue weighted by Crippen LogP contribution is -2.29. The van der Waals surface area contributed by atoms with E-state index < -0.39 is 0 Å². The molecule has 0 bridgehead atoms. The molecule has 0 amide bonds. The molecule has 1 aliphatic carbocycles. The molecule has 2 N–H and O–H groups in total. The molecule has 0 radical (unpaired) electrons. The fourth-order valence-corrected chi connectivity index (χ4v) is 3.96. The van der Waals surface area contributed by atoms with Crippen LogP contribution in [0.1, 0.15) is 43.9 Å². The number of thioether (sulfide) groups is 1. The van der Waals surface area contributed by atoms with Gasteiger partial charge in [0.1, 0.15) is 0 Å². The van der Waals surface area contributed by atoms with Crippen LogP contribution in [-0.4, -0.2) is 11.0 Å². The third kappa shape index (κ3) is 3.26. The van der Waals surface area contributed by atoms with Gasteiger partial charge in [0.25, 0.3) is 0 Å². The van der Waals surface area contributed by atoms with Crippen molar-refractivity contribution in [2.75, 3.05) is 5.75 Å². The van der Waals surface area contributed by atoms with E-state index in [-0.39, 0.29) is 6.04 Å². The summed E-state index contributed by atoms with van der Waals surface area (Å²) in [6.45, 7) is 4.58. The first-order valence-corrected chi connectivity index (χ1v) is 7.68. The maximum atomic E-state index is 6.39. The number of hydrogen-bond acceptors (Lipinski definition) is 2. The highest BCUT2D eigenvalue weighted by atomic mass is 32.2. The van der Waals surface area contributed by atoms with Crippen LogP contribution in [0.3, 0.4) is 0 Å². The van der Waals surface area contributed by atoms with Crippen molar-refractivity contribution in [3.05, 3.63) is 35.4 Å². The van der Waals surface area contributed by atoms with E-state index in [1.807, 2.05) is 0 Å². The lowest BCUT2D eigenvalue weighted by atomic mass is 9.88. The molecule has 2 rings (SSSR count). The van der Waals surface area contributed by atoms with Crippen molar-refractivity contribution in [3.63, 3.8) is 0 Å². The number of hydrogen-bond donors (Lipinski definition) is 1. The van der Waals surface area contributed by atoms with Crippen LogP contribution in [0.4, 0.5) is 0 Å². The highest BCUT2D eigenvalue weighted by Crippen LogP contribution is 2.35. The van der Waals surface area contributed by atoms with E-state index in [9.17, 15) is 0 Å². The molecule has 0 fully saturated rings. The first kappa shape index (κ1) is 13.0. The van der Waals surface area contributed by atoms with Gasteiger partial charge in [-0.3, -0.25) is 0 Å². The zero-order valence-corrected chi connectivity index (χ0v) is 11.7. The Balaban J connectivity index is 1.95. The maximum absolute atomic E-state index is 6.39. The molecular weight excluding hydrogens is 226 g/mol. The van der Waals surface area contributed by atoms with Crippen molar-refractivity contribution < 1.29 is 0 Å². The SMILES string of the molecule is CC(C)CCSC1CCc2ccccc2C1N. The minimum Gasteiger partial charge on any atom is -0.323 e. The number of aryl methyl sites for hydroxylation is 1. The minimum absolute atomic E-state index is 0.233. The minimum atomic E-state index is 0.233. The lowest BCUT2D eigenvalue weighted by Gasteiger charge is -2.30. The summed E-state index contributed by atoms with van der Waals surface area (Å²) in [7, 11) is 0. The van der Waals surface area contributed by atoms with Gasteiger partial charge in [0.05, 0.1) is 0 Å². The van der Waals surface area contributed by atoms with E-state index in [1.54, 1.807) is 0 Å². The van der Waals surface area contributed by atoms with Gasteiger partial charge in [-0.2, -0.15) is 11.8 Å². The van der Waals surface area contributed by atoms with Crippen molar-refractivity contribution in [2.45, 2.75) is 44.4 Å². The summed E-state index contributed by atoms with van der Waals surface area (Å²) >= 11 is 2.07. The molecule has 1 aromatic carbocycles. The van der Waals surface area contributed by atoms with Gasteiger partial charge in [-0.1, -0.05) is 38.1 Å². The number of fused-ring (bicyclic) bond motifs is 1. The molecule has 1 nitrogen and oxygen atoms in total. The molecule has 1 aliphatic rings. The Morgan fingerprint density at radius 3 is 2.88 bits per heavy atom. The Kier molecular flexibility index (Phi) is 4.52. The van der Waals surface area contributed by atoms with Crippen LogP contribution in [0, 0.1) is 5.92 Å². The molecule has 0 heterocycles. The summed E-state index contributed by atoms with van der Waals surface area (Å²) < 4.78 is 0. The van der Waals surface area contributed by atoms with Crippen molar-refractivity contribution >= 4 is 11.8 Å². The molecule has 0 saturated carbocycles. The van der Waals surface area contributed by atoms with Crippen molar-refractivity contribution in [1.82, 2.24) is 0 Å². The number of rotatable bonds is 4. The van der Waals surface area contributed by atoms with Gasteiger partial charge in [-0.05, 0) is 42.1 Å². The second-order valence-electron chi connectivity index (χ2n) is 5.36. The molecule has 0 aliphatic heterocycles. The highest BCUT2D eigenvalue weighted by Gasteiger charge is 2.26. The van der Waals surface area contributed by atoms with Gasteiger partial charge in [0.15, 0.2) is 0 Å². The number of nitrogens with two attached hydrogens (primary N) is 1. The fourth-order valence-electron chi connectivity index (χ4n) is 2.41. The normalized spacial score (nSPS) is 23.8. The second-order valence-corrected chi connectivity index (χ2v) is 6.70. The predicted octanol–water partition coefficient (Wildman–Crippen LogP) is 3.78. The summed E-state index contributed by atoms with van der Waals surface area (Å²) in [6.07, 6.45) is 3.74. The van der Waals surface area contributed by atoms with Crippen LogP contribution in [0.2, 0.25) is 0 Å². The standard InChI is InChI=1S/C15H23NS/c1-11(2)9-10-17-14-8-7-12-5-3-4-6-13(12)15(14)16/h3-6,11,14-15H,7-10,16H2,1-2H3. The molecule has 2 atom stereocenters. The van der Waals surface area contributed by atoms with Crippen LogP contribution in [-0.2, 0) is 6.42 Å². The van der Waals surface area contributed by atoms with E-state index in [4.69, 9.17) is 5.73 Å². The monoisotopic (exact) mass is 249 g/mol. The van der Waals surface area contributed by atoms with Crippen molar-refractivity contribution in [1.29, 1.82) is 0 Å². The third-order valence-corrected chi connectivity index (χ3v) is 4.97. The summed E-state index contributed by atoms with van der Waals surface area (Å²) in [4.78, 5) is 0.